The second kappa shape index (κ2) is 8.37. The molecule has 4 heteroatoms. The fourth-order valence-electron chi connectivity index (χ4n) is 3.13. The van der Waals surface area contributed by atoms with Crippen molar-refractivity contribution in [1.82, 2.24) is 9.80 Å². The Morgan fingerprint density at radius 1 is 0.885 bits per heavy atom. The Morgan fingerprint density at radius 3 is 2.08 bits per heavy atom. The molecular weight excluding hydrogens is 322 g/mol. The summed E-state index contributed by atoms with van der Waals surface area (Å²) in [5, 5.41) is 0. The van der Waals surface area contributed by atoms with Crippen molar-refractivity contribution in [2.45, 2.75) is 32.0 Å². The molecule has 0 spiro atoms. The Hall–Kier alpha value is -2.33. The third-order valence-electron chi connectivity index (χ3n) is 4.93. The SMILES string of the molecule is CN(Cc1ccc(N(C)C)cc1)C(=O)CN(Cc1ccccc1)C1CC1. The normalized spacial score (nSPS) is 13.7. The van der Waals surface area contributed by atoms with Gasteiger partial charge in [-0.15, -0.1) is 0 Å². The van der Waals surface area contributed by atoms with Gasteiger partial charge < -0.3 is 9.80 Å². The zero-order chi connectivity index (χ0) is 18.5. The molecule has 4 nitrogen and oxygen atoms in total. The summed E-state index contributed by atoms with van der Waals surface area (Å²) >= 11 is 0. The predicted molar refractivity (Wildman–Crippen MR) is 107 cm³/mol. The summed E-state index contributed by atoms with van der Waals surface area (Å²) in [4.78, 5) is 19.0. The number of amides is 1. The van der Waals surface area contributed by atoms with Gasteiger partial charge in [-0.3, -0.25) is 9.69 Å². The van der Waals surface area contributed by atoms with E-state index >= 15 is 0 Å². The first kappa shape index (κ1) is 18.5. The van der Waals surface area contributed by atoms with E-state index < -0.39 is 0 Å². The van der Waals surface area contributed by atoms with Crippen molar-refractivity contribution >= 4 is 11.6 Å². The fraction of sp³-hybridized carbons (Fsp3) is 0.409. The Labute approximate surface area is 157 Å². The molecule has 0 atom stereocenters. The molecule has 0 unspecified atom stereocenters. The van der Waals surface area contributed by atoms with Gasteiger partial charge in [0, 0.05) is 46.0 Å². The zero-order valence-corrected chi connectivity index (χ0v) is 16.1. The van der Waals surface area contributed by atoms with Crippen LogP contribution in [-0.4, -0.2) is 49.4 Å². The topological polar surface area (TPSA) is 26.8 Å². The van der Waals surface area contributed by atoms with Gasteiger partial charge in [-0.2, -0.15) is 0 Å². The van der Waals surface area contributed by atoms with Crippen molar-refractivity contribution < 1.29 is 4.79 Å². The maximum Gasteiger partial charge on any atom is 0.236 e. The molecule has 0 heterocycles. The second-order valence-electron chi connectivity index (χ2n) is 7.43. The standard InChI is InChI=1S/C22H29N3O/c1-23(2)20-11-9-19(10-12-20)15-24(3)22(26)17-25(21-13-14-21)16-18-7-5-4-6-8-18/h4-12,21H,13-17H2,1-3H3. The summed E-state index contributed by atoms with van der Waals surface area (Å²) in [6.45, 7) is 1.99. The van der Waals surface area contributed by atoms with E-state index in [4.69, 9.17) is 0 Å². The van der Waals surface area contributed by atoms with Crippen molar-refractivity contribution in [2.75, 3.05) is 32.6 Å². The van der Waals surface area contributed by atoms with Crippen LogP contribution >= 0.6 is 0 Å². The van der Waals surface area contributed by atoms with E-state index in [0.29, 0.717) is 19.1 Å². The zero-order valence-electron chi connectivity index (χ0n) is 16.1. The minimum atomic E-state index is 0.185. The van der Waals surface area contributed by atoms with Crippen molar-refractivity contribution in [3.05, 3.63) is 65.7 Å². The van der Waals surface area contributed by atoms with E-state index in [1.165, 1.54) is 24.1 Å². The molecule has 0 N–H and O–H groups in total. The number of carbonyl (C=O) groups excluding carboxylic acids is 1. The van der Waals surface area contributed by atoms with Crippen molar-refractivity contribution in [3.63, 3.8) is 0 Å². The number of nitrogens with zero attached hydrogens (tertiary/aromatic N) is 3. The molecule has 0 aliphatic heterocycles. The molecule has 1 aliphatic rings. The van der Waals surface area contributed by atoms with Crippen LogP contribution in [0.5, 0.6) is 0 Å². The van der Waals surface area contributed by atoms with Crippen molar-refractivity contribution in [3.8, 4) is 0 Å². The first-order valence-corrected chi connectivity index (χ1v) is 9.31. The highest BCUT2D eigenvalue weighted by Crippen LogP contribution is 2.28. The summed E-state index contributed by atoms with van der Waals surface area (Å²) < 4.78 is 0. The van der Waals surface area contributed by atoms with Crippen LogP contribution in [0, 0.1) is 0 Å². The lowest BCUT2D eigenvalue weighted by Gasteiger charge is -2.25. The second-order valence-corrected chi connectivity index (χ2v) is 7.43. The molecular formula is C22H29N3O. The third kappa shape index (κ3) is 5.09. The molecule has 138 valence electrons. The maximum absolute atomic E-state index is 12.7. The van der Waals surface area contributed by atoms with Gasteiger partial charge in [0.2, 0.25) is 5.91 Å². The summed E-state index contributed by atoms with van der Waals surface area (Å²) in [6.07, 6.45) is 2.41. The average molecular weight is 351 g/mol. The number of hydrogen-bond acceptors (Lipinski definition) is 3. The molecule has 0 aromatic heterocycles. The Balaban J connectivity index is 1.56. The van der Waals surface area contributed by atoms with Crippen LogP contribution in [0.1, 0.15) is 24.0 Å². The van der Waals surface area contributed by atoms with Crippen LogP contribution in [0.2, 0.25) is 0 Å². The van der Waals surface area contributed by atoms with Gasteiger partial charge in [-0.05, 0) is 36.1 Å². The lowest BCUT2D eigenvalue weighted by atomic mass is 10.2. The van der Waals surface area contributed by atoms with E-state index in [0.717, 1.165) is 12.1 Å². The maximum atomic E-state index is 12.7. The molecule has 0 bridgehead atoms. The van der Waals surface area contributed by atoms with Crippen LogP contribution in [0.4, 0.5) is 5.69 Å². The van der Waals surface area contributed by atoms with Crippen molar-refractivity contribution in [2.24, 2.45) is 0 Å². The van der Waals surface area contributed by atoms with Crippen molar-refractivity contribution in [1.29, 1.82) is 0 Å². The smallest absolute Gasteiger partial charge is 0.236 e. The summed E-state index contributed by atoms with van der Waals surface area (Å²) in [5.74, 6) is 0.185. The molecule has 0 radical (unpaired) electrons. The first-order valence-electron chi connectivity index (χ1n) is 9.31. The van der Waals surface area contributed by atoms with E-state index in [1.807, 2.05) is 32.1 Å². The van der Waals surface area contributed by atoms with Gasteiger partial charge in [0.05, 0.1) is 6.54 Å². The van der Waals surface area contributed by atoms with Crippen LogP contribution in [0.3, 0.4) is 0 Å². The molecule has 26 heavy (non-hydrogen) atoms. The van der Waals surface area contributed by atoms with E-state index in [2.05, 4.69) is 58.3 Å². The lowest BCUT2D eigenvalue weighted by Crippen LogP contribution is -2.38. The minimum Gasteiger partial charge on any atom is -0.378 e. The largest absolute Gasteiger partial charge is 0.378 e. The summed E-state index contributed by atoms with van der Waals surface area (Å²) in [5.41, 5.74) is 3.60. The number of likely N-dealkylation sites (N-methyl/N-ethyl adjacent to an activating group) is 1. The predicted octanol–water partition coefficient (Wildman–Crippen LogP) is 3.38. The molecule has 0 saturated heterocycles. The molecule has 2 aromatic rings. The van der Waals surface area contributed by atoms with Crippen LogP contribution < -0.4 is 4.90 Å². The van der Waals surface area contributed by atoms with Gasteiger partial charge in [0.1, 0.15) is 0 Å². The molecule has 3 rings (SSSR count). The van der Waals surface area contributed by atoms with E-state index in [-0.39, 0.29) is 5.91 Å². The summed E-state index contributed by atoms with van der Waals surface area (Å²) in [6, 6.07) is 19.4. The van der Waals surface area contributed by atoms with E-state index in [1.54, 1.807) is 0 Å². The fourth-order valence-corrected chi connectivity index (χ4v) is 3.13. The third-order valence-corrected chi connectivity index (χ3v) is 4.93. The van der Waals surface area contributed by atoms with Gasteiger partial charge in [-0.1, -0.05) is 42.5 Å². The molecule has 1 fully saturated rings. The summed E-state index contributed by atoms with van der Waals surface area (Å²) in [7, 11) is 5.96. The van der Waals surface area contributed by atoms with Crippen LogP contribution in [-0.2, 0) is 17.9 Å². The highest BCUT2D eigenvalue weighted by molar-refractivity contribution is 5.78. The highest BCUT2D eigenvalue weighted by atomic mass is 16.2. The van der Waals surface area contributed by atoms with E-state index in [9.17, 15) is 4.79 Å². The number of hydrogen-bond donors (Lipinski definition) is 0. The number of anilines is 1. The Bertz CT molecular complexity index is 708. The quantitative estimate of drug-likeness (QED) is 0.729. The van der Waals surface area contributed by atoms with Gasteiger partial charge >= 0.3 is 0 Å². The molecule has 1 amide bonds. The number of carbonyl (C=O) groups is 1. The molecule has 1 saturated carbocycles. The monoisotopic (exact) mass is 351 g/mol. The minimum absolute atomic E-state index is 0.185. The Kier molecular flexibility index (Phi) is 5.94. The number of benzene rings is 2. The molecule has 1 aliphatic carbocycles. The Morgan fingerprint density at radius 2 is 1.50 bits per heavy atom. The van der Waals surface area contributed by atoms with Gasteiger partial charge in [0.15, 0.2) is 0 Å². The first-order chi connectivity index (χ1) is 12.5. The van der Waals surface area contributed by atoms with Gasteiger partial charge in [0.25, 0.3) is 0 Å². The average Bonchev–Trinajstić information content (AvgIpc) is 3.47. The lowest BCUT2D eigenvalue weighted by molar-refractivity contribution is -0.132. The van der Waals surface area contributed by atoms with Crippen LogP contribution in [0.15, 0.2) is 54.6 Å². The highest BCUT2D eigenvalue weighted by Gasteiger charge is 2.30. The van der Waals surface area contributed by atoms with Gasteiger partial charge in [-0.25, -0.2) is 0 Å². The molecule has 2 aromatic carbocycles. The van der Waals surface area contributed by atoms with Crippen LogP contribution in [0.25, 0.3) is 0 Å². The number of rotatable bonds is 8.